The van der Waals surface area contributed by atoms with E-state index in [2.05, 4.69) is 27.6 Å². The molecule has 0 saturated heterocycles. The summed E-state index contributed by atoms with van der Waals surface area (Å²) in [7, 11) is 0. The third-order valence-electron chi connectivity index (χ3n) is 2.57. The second kappa shape index (κ2) is 6.26. The van der Waals surface area contributed by atoms with Crippen molar-refractivity contribution in [2.24, 2.45) is 5.84 Å². The number of carbonyl (C=O) groups is 1. The van der Waals surface area contributed by atoms with E-state index in [0.29, 0.717) is 17.8 Å². The van der Waals surface area contributed by atoms with E-state index in [0.717, 1.165) is 11.4 Å². The molecule has 0 radical (unpaired) electrons. The maximum atomic E-state index is 12.0. The molecule has 2 aromatic rings. The number of aromatic nitrogens is 2. The Balaban J connectivity index is 2.01. The quantitative estimate of drug-likeness (QED) is 0.566. The standard InChI is InChI=1S/C12H15N5OS/c1-2-8-5-15-11(19-8)7-16-12(18)9-3-4-14-6-10(9)17-13/h3-6,17H,2,7,13H2,1H3,(H,16,18). The van der Waals surface area contributed by atoms with Crippen LogP contribution in [0.1, 0.15) is 27.2 Å². The van der Waals surface area contributed by atoms with Crippen molar-refractivity contribution < 1.29 is 4.79 Å². The summed E-state index contributed by atoms with van der Waals surface area (Å²) in [4.78, 5) is 21.4. The lowest BCUT2D eigenvalue weighted by Gasteiger charge is -2.07. The number of nitrogens with two attached hydrogens (primary N) is 1. The SMILES string of the molecule is CCc1cnc(CNC(=O)c2ccncc2NN)s1. The molecule has 0 aliphatic rings. The van der Waals surface area contributed by atoms with Gasteiger partial charge in [0.15, 0.2) is 0 Å². The number of hydrogen-bond acceptors (Lipinski definition) is 6. The van der Waals surface area contributed by atoms with Gasteiger partial charge in [-0.25, -0.2) is 4.98 Å². The number of rotatable bonds is 5. The highest BCUT2D eigenvalue weighted by Crippen LogP contribution is 2.14. The highest BCUT2D eigenvalue weighted by Gasteiger charge is 2.11. The van der Waals surface area contributed by atoms with Gasteiger partial charge in [-0.3, -0.25) is 15.6 Å². The Morgan fingerprint density at radius 1 is 1.47 bits per heavy atom. The fourth-order valence-corrected chi connectivity index (χ4v) is 2.35. The van der Waals surface area contributed by atoms with Gasteiger partial charge in [0.25, 0.3) is 5.91 Å². The van der Waals surface area contributed by atoms with Crippen LogP contribution in [0.2, 0.25) is 0 Å². The summed E-state index contributed by atoms with van der Waals surface area (Å²) in [6.07, 6.45) is 5.85. The molecule has 0 spiro atoms. The van der Waals surface area contributed by atoms with E-state index in [1.54, 1.807) is 23.6 Å². The molecule has 2 heterocycles. The lowest BCUT2D eigenvalue weighted by molar-refractivity contribution is 0.0951. The van der Waals surface area contributed by atoms with Gasteiger partial charge >= 0.3 is 0 Å². The zero-order valence-corrected chi connectivity index (χ0v) is 11.3. The third-order valence-corrected chi connectivity index (χ3v) is 3.71. The minimum atomic E-state index is -0.205. The number of hydrogen-bond donors (Lipinski definition) is 3. The van der Waals surface area contributed by atoms with Crippen LogP contribution in [-0.2, 0) is 13.0 Å². The predicted octanol–water partition coefficient (Wildman–Crippen LogP) is 1.32. The molecule has 100 valence electrons. The van der Waals surface area contributed by atoms with Crippen LogP contribution in [0.3, 0.4) is 0 Å². The summed E-state index contributed by atoms with van der Waals surface area (Å²) < 4.78 is 0. The summed E-state index contributed by atoms with van der Waals surface area (Å²) in [6, 6.07) is 1.61. The maximum absolute atomic E-state index is 12.0. The lowest BCUT2D eigenvalue weighted by Crippen LogP contribution is -2.24. The maximum Gasteiger partial charge on any atom is 0.253 e. The number of thiazole rings is 1. The molecule has 4 N–H and O–H groups in total. The normalized spacial score (nSPS) is 10.2. The van der Waals surface area contributed by atoms with Crippen molar-refractivity contribution in [3.63, 3.8) is 0 Å². The van der Waals surface area contributed by atoms with E-state index >= 15 is 0 Å². The van der Waals surface area contributed by atoms with Gasteiger partial charge in [-0.15, -0.1) is 11.3 Å². The minimum Gasteiger partial charge on any atom is -0.345 e. The van der Waals surface area contributed by atoms with Crippen LogP contribution in [0.15, 0.2) is 24.7 Å². The molecule has 19 heavy (non-hydrogen) atoms. The van der Waals surface area contributed by atoms with Crippen molar-refractivity contribution in [1.82, 2.24) is 15.3 Å². The zero-order chi connectivity index (χ0) is 13.7. The average Bonchev–Trinajstić information content (AvgIpc) is 2.92. The minimum absolute atomic E-state index is 0.205. The summed E-state index contributed by atoms with van der Waals surface area (Å²) in [5.74, 6) is 5.13. The Morgan fingerprint density at radius 3 is 3.00 bits per heavy atom. The molecule has 0 unspecified atom stereocenters. The monoisotopic (exact) mass is 277 g/mol. The largest absolute Gasteiger partial charge is 0.345 e. The predicted molar refractivity (Wildman–Crippen MR) is 74.7 cm³/mol. The molecule has 0 fully saturated rings. The average molecular weight is 277 g/mol. The van der Waals surface area contributed by atoms with E-state index < -0.39 is 0 Å². The van der Waals surface area contributed by atoms with Gasteiger partial charge in [0.2, 0.25) is 0 Å². The van der Waals surface area contributed by atoms with Crippen LogP contribution >= 0.6 is 11.3 Å². The molecule has 0 aliphatic heterocycles. The molecular weight excluding hydrogens is 262 g/mol. The molecule has 6 nitrogen and oxygen atoms in total. The lowest BCUT2D eigenvalue weighted by atomic mass is 10.2. The summed E-state index contributed by atoms with van der Waals surface area (Å²) in [6.45, 7) is 2.49. The van der Waals surface area contributed by atoms with Gasteiger partial charge in [-0.2, -0.15) is 0 Å². The Kier molecular flexibility index (Phi) is 4.43. The van der Waals surface area contributed by atoms with Crippen molar-refractivity contribution in [1.29, 1.82) is 0 Å². The molecule has 0 aliphatic carbocycles. The Morgan fingerprint density at radius 2 is 2.32 bits per heavy atom. The third kappa shape index (κ3) is 3.27. The molecule has 2 aromatic heterocycles. The Labute approximate surface area is 115 Å². The second-order valence-electron chi connectivity index (χ2n) is 3.82. The molecule has 7 heteroatoms. The molecule has 0 aromatic carbocycles. The van der Waals surface area contributed by atoms with E-state index in [-0.39, 0.29) is 5.91 Å². The van der Waals surface area contributed by atoms with Crippen LogP contribution in [0.25, 0.3) is 0 Å². The number of nitrogens with zero attached hydrogens (tertiary/aromatic N) is 2. The van der Waals surface area contributed by atoms with Crippen LogP contribution in [0, 0.1) is 0 Å². The van der Waals surface area contributed by atoms with Gasteiger partial charge in [-0.05, 0) is 12.5 Å². The molecule has 1 amide bonds. The first-order valence-electron chi connectivity index (χ1n) is 5.87. The smallest absolute Gasteiger partial charge is 0.253 e. The summed E-state index contributed by atoms with van der Waals surface area (Å²) >= 11 is 1.60. The molecular formula is C12H15N5OS. The van der Waals surface area contributed by atoms with Gasteiger partial charge in [0, 0.05) is 17.3 Å². The van der Waals surface area contributed by atoms with Crippen LogP contribution in [-0.4, -0.2) is 15.9 Å². The number of anilines is 1. The highest BCUT2D eigenvalue weighted by atomic mass is 32.1. The summed E-state index contributed by atoms with van der Waals surface area (Å²) in [5, 5.41) is 3.70. The number of pyridine rings is 1. The number of amides is 1. The van der Waals surface area contributed by atoms with E-state index in [1.165, 1.54) is 11.1 Å². The highest BCUT2D eigenvalue weighted by molar-refractivity contribution is 7.11. The van der Waals surface area contributed by atoms with Crippen molar-refractivity contribution in [2.75, 3.05) is 5.43 Å². The fourth-order valence-electron chi connectivity index (χ4n) is 1.55. The second-order valence-corrected chi connectivity index (χ2v) is 5.02. The van der Waals surface area contributed by atoms with Crippen LogP contribution in [0.4, 0.5) is 5.69 Å². The first kappa shape index (κ1) is 13.4. The van der Waals surface area contributed by atoms with Crippen LogP contribution < -0.4 is 16.6 Å². The Hall–Kier alpha value is -1.99. The van der Waals surface area contributed by atoms with Gasteiger partial charge in [-0.1, -0.05) is 6.92 Å². The summed E-state index contributed by atoms with van der Waals surface area (Å²) in [5.41, 5.74) is 3.41. The van der Waals surface area contributed by atoms with Gasteiger partial charge in [0.05, 0.1) is 24.0 Å². The van der Waals surface area contributed by atoms with Gasteiger partial charge < -0.3 is 10.7 Å². The first-order chi connectivity index (χ1) is 9.24. The van der Waals surface area contributed by atoms with Crippen molar-refractivity contribution >= 4 is 22.9 Å². The molecule has 0 saturated carbocycles. The number of carbonyl (C=O) groups excluding carboxylic acids is 1. The van der Waals surface area contributed by atoms with Crippen molar-refractivity contribution in [3.05, 3.63) is 40.1 Å². The van der Waals surface area contributed by atoms with E-state index in [1.807, 2.05) is 6.20 Å². The molecule has 0 atom stereocenters. The zero-order valence-electron chi connectivity index (χ0n) is 10.5. The number of nitrogen functional groups attached to an aromatic ring is 1. The molecule has 2 rings (SSSR count). The van der Waals surface area contributed by atoms with Crippen LogP contribution in [0.5, 0.6) is 0 Å². The number of aryl methyl sites for hydroxylation is 1. The number of nitrogens with one attached hydrogen (secondary N) is 2. The van der Waals surface area contributed by atoms with E-state index in [9.17, 15) is 4.79 Å². The number of hydrazine groups is 1. The first-order valence-corrected chi connectivity index (χ1v) is 6.68. The van der Waals surface area contributed by atoms with E-state index in [4.69, 9.17) is 5.84 Å². The van der Waals surface area contributed by atoms with Crippen molar-refractivity contribution in [3.8, 4) is 0 Å². The van der Waals surface area contributed by atoms with Crippen molar-refractivity contribution in [2.45, 2.75) is 19.9 Å². The van der Waals surface area contributed by atoms with Gasteiger partial charge in [0.1, 0.15) is 5.01 Å². The fraction of sp³-hybridized carbons (Fsp3) is 0.250. The topological polar surface area (TPSA) is 92.9 Å². The molecule has 0 bridgehead atoms. The Bertz CT molecular complexity index is 569.